The maximum atomic E-state index is 12.5. The van der Waals surface area contributed by atoms with Gasteiger partial charge in [-0.25, -0.2) is 17.4 Å². The summed E-state index contributed by atoms with van der Waals surface area (Å²) >= 11 is 0. The summed E-state index contributed by atoms with van der Waals surface area (Å²) in [5, 5.41) is 15.6. The fourth-order valence-corrected chi connectivity index (χ4v) is 3.12. The molecule has 0 aliphatic rings. The first-order chi connectivity index (χ1) is 11.8. The molecule has 0 bridgehead atoms. The molecule has 0 atom stereocenters. The number of hydrogen-bond donors (Lipinski definition) is 1. The normalized spacial score (nSPS) is 11.3. The number of nitriles is 1. The Morgan fingerprint density at radius 1 is 1.36 bits per heavy atom. The predicted molar refractivity (Wildman–Crippen MR) is 92.5 cm³/mol. The lowest BCUT2D eigenvalue weighted by Gasteiger charge is -2.12. The Bertz CT molecular complexity index is 925. The van der Waals surface area contributed by atoms with Crippen molar-refractivity contribution in [3.05, 3.63) is 41.6 Å². The second-order valence-corrected chi connectivity index (χ2v) is 7.72. The van der Waals surface area contributed by atoms with Gasteiger partial charge in [0, 0.05) is 25.7 Å². The van der Waals surface area contributed by atoms with Gasteiger partial charge in [0.25, 0.3) is 5.91 Å². The van der Waals surface area contributed by atoms with Crippen molar-refractivity contribution in [3.63, 3.8) is 0 Å². The van der Waals surface area contributed by atoms with Crippen molar-refractivity contribution >= 4 is 21.7 Å². The fourth-order valence-electron chi connectivity index (χ4n) is 2.17. The number of amides is 1. The summed E-state index contributed by atoms with van der Waals surface area (Å²) in [7, 11) is -0.764. The van der Waals surface area contributed by atoms with Crippen molar-refractivity contribution in [2.75, 3.05) is 19.4 Å². The van der Waals surface area contributed by atoms with E-state index in [0.29, 0.717) is 18.1 Å². The summed E-state index contributed by atoms with van der Waals surface area (Å²) in [4.78, 5) is 12.5. The van der Waals surface area contributed by atoms with Crippen LogP contribution < -0.4 is 5.32 Å². The number of aromatic nitrogens is 2. The first kappa shape index (κ1) is 18.6. The zero-order chi connectivity index (χ0) is 18.6. The Balaban J connectivity index is 2.27. The molecule has 0 radical (unpaired) electrons. The van der Waals surface area contributed by atoms with Gasteiger partial charge in [0.2, 0.25) is 10.0 Å². The van der Waals surface area contributed by atoms with Crippen LogP contribution in [0.1, 0.15) is 22.5 Å². The van der Waals surface area contributed by atoms with E-state index in [1.54, 1.807) is 13.0 Å². The molecular weight excluding hydrogens is 342 g/mol. The van der Waals surface area contributed by atoms with E-state index in [2.05, 4.69) is 10.4 Å². The minimum atomic E-state index is -3.62. The molecule has 0 saturated heterocycles. The lowest BCUT2D eigenvalue weighted by molar-refractivity contribution is 0.102. The van der Waals surface area contributed by atoms with Crippen LogP contribution >= 0.6 is 0 Å². The van der Waals surface area contributed by atoms with E-state index >= 15 is 0 Å². The van der Waals surface area contributed by atoms with E-state index in [1.165, 1.54) is 43.0 Å². The highest BCUT2D eigenvalue weighted by Crippen LogP contribution is 2.17. The highest BCUT2D eigenvalue weighted by molar-refractivity contribution is 7.89. The molecule has 132 valence electrons. The van der Waals surface area contributed by atoms with Gasteiger partial charge in [-0.2, -0.15) is 10.4 Å². The van der Waals surface area contributed by atoms with E-state index in [1.807, 2.05) is 6.07 Å². The lowest BCUT2D eigenvalue weighted by Crippen LogP contribution is -2.23. The van der Waals surface area contributed by atoms with Gasteiger partial charge in [-0.1, -0.05) is 6.07 Å². The van der Waals surface area contributed by atoms with Crippen molar-refractivity contribution in [2.24, 2.45) is 0 Å². The number of nitrogens with one attached hydrogen (secondary N) is 1. The Labute approximate surface area is 146 Å². The Hall–Kier alpha value is -2.70. The summed E-state index contributed by atoms with van der Waals surface area (Å²) < 4.78 is 27.0. The number of benzene rings is 1. The number of rotatable bonds is 6. The van der Waals surface area contributed by atoms with Gasteiger partial charge in [-0.3, -0.25) is 4.79 Å². The molecule has 1 amide bonds. The SMILES string of the molecule is Cc1cc(NC(=O)c2cccc(S(=O)(=O)N(C)C)c2)n(CCC#N)n1. The summed E-state index contributed by atoms with van der Waals surface area (Å²) in [6.07, 6.45) is 0.264. The van der Waals surface area contributed by atoms with Crippen LogP contribution in [0.3, 0.4) is 0 Å². The van der Waals surface area contributed by atoms with Crippen LogP contribution in [0, 0.1) is 18.3 Å². The van der Waals surface area contributed by atoms with E-state index in [4.69, 9.17) is 5.26 Å². The van der Waals surface area contributed by atoms with Gasteiger partial charge < -0.3 is 5.32 Å². The van der Waals surface area contributed by atoms with Gasteiger partial charge in [-0.05, 0) is 25.1 Å². The maximum Gasteiger partial charge on any atom is 0.256 e. The van der Waals surface area contributed by atoms with Gasteiger partial charge >= 0.3 is 0 Å². The number of anilines is 1. The van der Waals surface area contributed by atoms with Gasteiger partial charge in [-0.15, -0.1) is 0 Å². The van der Waals surface area contributed by atoms with Crippen LogP contribution in [-0.4, -0.2) is 42.5 Å². The molecule has 0 unspecified atom stereocenters. The van der Waals surface area contributed by atoms with Crippen LogP contribution in [0.25, 0.3) is 0 Å². The molecule has 0 aliphatic heterocycles. The first-order valence-electron chi connectivity index (χ1n) is 7.51. The van der Waals surface area contributed by atoms with E-state index in [9.17, 15) is 13.2 Å². The van der Waals surface area contributed by atoms with Crippen molar-refractivity contribution < 1.29 is 13.2 Å². The predicted octanol–water partition coefficient (Wildman–Crippen LogP) is 1.61. The molecular formula is C16H19N5O3S. The molecule has 9 heteroatoms. The molecule has 25 heavy (non-hydrogen) atoms. The van der Waals surface area contributed by atoms with Crippen molar-refractivity contribution in [1.82, 2.24) is 14.1 Å². The Morgan fingerprint density at radius 2 is 2.08 bits per heavy atom. The zero-order valence-electron chi connectivity index (χ0n) is 14.2. The molecule has 0 spiro atoms. The van der Waals surface area contributed by atoms with Crippen LogP contribution in [-0.2, 0) is 16.6 Å². The Kier molecular flexibility index (Phi) is 5.56. The van der Waals surface area contributed by atoms with Gasteiger partial charge in [0.15, 0.2) is 0 Å². The molecule has 8 nitrogen and oxygen atoms in total. The quantitative estimate of drug-likeness (QED) is 0.841. The molecule has 2 rings (SSSR count). The number of nitrogens with zero attached hydrogens (tertiary/aromatic N) is 4. The van der Waals surface area contributed by atoms with Crippen LogP contribution in [0.4, 0.5) is 5.82 Å². The van der Waals surface area contributed by atoms with E-state index in [0.717, 1.165) is 4.31 Å². The van der Waals surface area contributed by atoms with Gasteiger partial charge in [0.05, 0.1) is 29.6 Å². The number of aryl methyl sites for hydroxylation is 2. The summed E-state index contributed by atoms with van der Waals surface area (Å²) in [5.41, 5.74) is 0.922. The third-order valence-electron chi connectivity index (χ3n) is 3.45. The third-order valence-corrected chi connectivity index (χ3v) is 5.27. The largest absolute Gasteiger partial charge is 0.307 e. The summed E-state index contributed by atoms with van der Waals surface area (Å²) in [6.45, 7) is 2.14. The third kappa shape index (κ3) is 4.23. The first-order valence-corrected chi connectivity index (χ1v) is 8.95. The standard InChI is InChI=1S/C16H19N5O3S/c1-12-10-15(21(19-12)9-5-8-17)18-16(22)13-6-4-7-14(11-13)25(23,24)20(2)3/h4,6-7,10-11H,5,9H2,1-3H3,(H,18,22). The minimum Gasteiger partial charge on any atom is -0.307 e. The molecule has 1 aromatic carbocycles. The molecule has 1 heterocycles. The molecule has 0 aliphatic carbocycles. The molecule has 1 N–H and O–H groups in total. The van der Waals surface area contributed by atoms with E-state index in [-0.39, 0.29) is 16.9 Å². The smallest absolute Gasteiger partial charge is 0.256 e. The lowest BCUT2D eigenvalue weighted by atomic mass is 10.2. The van der Waals surface area contributed by atoms with Crippen molar-refractivity contribution in [3.8, 4) is 6.07 Å². The van der Waals surface area contributed by atoms with Crippen molar-refractivity contribution in [2.45, 2.75) is 24.8 Å². The molecule has 0 fully saturated rings. The average Bonchev–Trinajstić information content (AvgIpc) is 2.92. The Morgan fingerprint density at radius 3 is 2.72 bits per heavy atom. The maximum absolute atomic E-state index is 12.5. The van der Waals surface area contributed by atoms with Crippen LogP contribution in [0.15, 0.2) is 35.2 Å². The number of sulfonamides is 1. The number of carbonyl (C=O) groups excluding carboxylic acids is 1. The van der Waals surface area contributed by atoms with Crippen LogP contribution in [0.2, 0.25) is 0 Å². The molecule has 2 aromatic rings. The van der Waals surface area contributed by atoms with Crippen LogP contribution in [0.5, 0.6) is 0 Å². The second kappa shape index (κ2) is 7.46. The monoisotopic (exact) mass is 361 g/mol. The highest BCUT2D eigenvalue weighted by atomic mass is 32.2. The van der Waals surface area contributed by atoms with E-state index < -0.39 is 15.9 Å². The number of hydrogen-bond acceptors (Lipinski definition) is 5. The fraction of sp³-hybridized carbons (Fsp3) is 0.312. The van der Waals surface area contributed by atoms with Crippen molar-refractivity contribution in [1.29, 1.82) is 5.26 Å². The second-order valence-electron chi connectivity index (χ2n) is 5.57. The number of carbonyl (C=O) groups is 1. The minimum absolute atomic E-state index is 0.0410. The molecule has 0 saturated carbocycles. The average molecular weight is 361 g/mol. The van der Waals surface area contributed by atoms with Gasteiger partial charge in [0.1, 0.15) is 5.82 Å². The molecule has 1 aromatic heterocycles. The summed E-state index contributed by atoms with van der Waals surface area (Å²) in [6, 6.07) is 9.53. The highest BCUT2D eigenvalue weighted by Gasteiger charge is 2.19. The summed E-state index contributed by atoms with van der Waals surface area (Å²) in [5.74, 6) is 0.00698. The zero-order valence-corrected chi connectivity index (χ0v) is 15.0. The topological polar surface area (TPSA) is 108 Å².